The molecule has 3 nitrogen and oxygen atoms in total. The first-order valence-corrected chi connectivity index (χ1v) is 6.32. The van der Waals surface area contributed by atoms with Crippen LogP contribution in [0.25, 0.3) is 0 Å². The third kappa shape index (κ3) is 3.89. The molecule has 1 aromatic rings. The molecule has 0 atom stereocenters. The van der Waals surface area contributed by atoms with Crippen LogP contribution < -0.4 is 11.1 Å². The van der Waals surface area contributed by atoms with Crippen molar-refractivity contribution in [2.24, 2.45) is 5.73 Å². The van der Waals surface area contributed by atoms with Gasteiger partial charge in [0.1, 0.15) is 5.01 Å². The van der Waals surface area contributed by atoms with Gasteiger partial charge in [-0.05, 0) is 19.8 Å². The Labute approximate surface area is 96.1 Å². The highest BCUT2D eigenvalue weighted by atomic mass is 32.1. The maximum absolute atomic E-state index is 6.19. The van der Waals surface area contributed by atoms with E-state index in [0.29, 0.717) is 0 Å². The largest absolute Gasteiger partial charge is 0.324 e. The fourth-order valence-electron chi connectivity index (χ4n) is 1.40. The van der Waals surface area contributed by atoms with Crippen LogP contribution in [0.2, 0.25) is 0 Å². The molecule has 0 aromatic carbocycles. The average Bonchev–Trinajstić information content (AvgIpc) is 2.64. The lowest BCUT2D eigenvalue weighted by atomic mass is 9.94. The SMILES string of the molecule is CCC(N)(CC)CNCc1ncc(C)s1. The lowest BCUT2D eigenvalue weighted by molar-refractivity contribution is 0.369. The number of aromatic nitrogens is 1. The van der Waals surface area contributed by atoms with Crippen LogP contribution in [0, 0.1) is 6.92 Å². The molecule has 15 heavy (non-hydrogen) atoms. The molecule has 0 aliphatic heterocycles. The van der Waals surface area contributed by atoms with Crippen molar-refractivity contribution in [2.75, 3.05) is 6.54 Å². The molecular formula is C11H21N3S. The van der Waals surface area contributed by atoms with E-state index in [-0.39, 0.29) is 5.54 Å². The van der Waals surface area contributed by atoms with Crippen molar-refractivity contribution in [3.63, 3.8) is 0 Å². The van der Waals surface area contributed by atoms with Gasteiger partial charge in [0, 0.05) is 29.7 Å². The number of thiazole rings is 1. The molecule has 0 spiro atoms. The Morgan fingerprint density at radius 1 is 1.47 bits per heavy atom. The number of nitrogens with two attached hydrogens (primary N) is 1. The number of rotatable bonds is 6. The summed E-state index contributed by atoms with van der Waals surface area (Å²) < 4.78 is 0. The van der Waals surface area contributed by atoms with Crippen molar-refractivity contribution in [3.05, 3.63) is 16.1 Å². The van der Waals surface area contributed by atoms with Gasteiger partial charge < -0.3 is 11.1 Å². The quantitative estimate of drug-likeness (QED) is 0.782. The highest BCUT2D eigenvalue weighted by Gasteiger charge is 2.19. The monoisotopic (exact) mass is 227 g/mol. The number of nitrogens with zero attached hydrogens (tertiary/aromatic N) is 1. The van der Waals surface area contributed by atoms with Gasteiger partial charge in [-0.15, -0.1) is 11.3 Å². The maximum atomic E-state index is 6.19. The van der Waals surface area contributed by atoms with E-state index in [0.717, 1.165) is 30.9 Å². The Kier molecular flexibility index (Phi) is 4.70. The molecule has 3 N–H and O–H groups in total. The Bertz CT molecular complexity index is 292. The normalized spacial score (nSPS) is 12.0. The second-order valence-electron chi connectivity index (χ2n) is 4.04. The zero-order valence-corrected chi connectivity index (χ0v) is 10.7. The minimum Gasteiger partial charge on any atom is -0.324 e. The predicted molar refractivity (Wildman–Crippen MR) is 66.1 cm³/mol. The van der Waals surface area contributed by atoms with Gasteiger partial charge in [-0.25, -0.2) is 4.98 Å². The van der Waals surface area contributed by atoms with E-state index in [4.69, 9.17) is 5.73 Å². The average molecular weight is 227 g/mol. The number of hydrogen-bond acceptors (Lipinski definition) is 4. The number of hydrogen-bond donors (Lipinski definition) is 2. The lowest BCUT2D eigenvalue weighted by Crippen LogP contribution is -2.47. The van der Waals surface area contributed by atoms with Crippen LogP contribution in [0.5, 0.6) is 0 Å². The molecule has 4 heteroatoms. The summed E-state index contributed by atoms with van der Waals surface area (Å²) in [7, 11) is 0. The van der Waals surface area contributed by atoms with Crippen LogP contribution in [0.3, 0.4) is 0 Å². The maximum Gasteiger partial charge on any atom is 0.107 e. The number of nitrogens with one attached hydrogen (secondary N) is 1. The first-order valence-electron chi connectivity index (χ1n) is 5.50. The predicted octanol–water partition coefficient (Wildman–Crippen LogP) is 2.06. The molecule has 1 aromatic heterocycles. The van der Waals surface area contributed by atoms with Gasteiger partial charge in [-0.3, -0.25) is 0 Å². The van der Waals surface area contributed by atoms with Crippen LogP contribution in [-0.2, 0) is 6.54 Å². The second kappa shape index (κ2) is 5.58. The zero-order chi connectivity index (χ0) is 11.3. The summed E-state index contributed by atoms with van der Waals surface area (Å²) in [6, 6.07) is 0. The van der Waals surface area contributed by atoms with Gasteiger partial charge in [0.15, 0.2) is 0 Å². The molecule has 0 bridgehead atoms. The highest BCUT2D eigenvalue weighted by Crippen LogP contribution is 2.12. The van der Waals surface area contributed by atoms with Gasteiger partial charge in [0.05, 0.1) is 0 Å². The third-order valence-electron chi connectivity index (χ3n) is 2.83. The van der Waals surface area contributed by atoms with Gasteiger partial charge in [-0.2, -0.15) is 0 Å². The molecule has 0 aliphatic rings. The molecule has 86 valence electrons. The van der Waals surface area contributed by atoms with Crippen LogP contribution in [0.15, 0.2) is 6.20 Å². The summed E-state index contributed by atoms with van der Waals surface area (Å²) in [6.07, 6.45) is 3.93. The van der Waals surface area contributed by atoms with E-state index in [2.05, 4.69) is 31.1 Å². The summed E-state index contributed by atoms with van der Waals surface area (Å²) in [5, 5.41) is 4.52. The van der Waals surface area contributed by atoms with E-state index in [1.165, 1.54) is 4.88 Å². The molecule has 1 rings (SSSR count). The minimum atomic E-state index is -0.0632. The van der Waals surface area contributed by atoms with Crippen molar-refractivity contribution in [1.29, 1.82) is 0 Å². The Morgan fingerprint density at radius 2 is 2.13 bits per heavy atom. The molecule has 0 amide bonds. The zero-order valence-electron chi connectivity index (χ0n) is 9.84. The summed E-state index contributed by atoms with van der Waals surface area (Å²) in [5.41, 5.74) is 6.12. The van der Waals surface area contributed by atoms with E-state index in [9.17, 15) is 0 Å². The van der Waals surface area contributed by atoms with Crippen molar-refractivity contribution in [3.8, 4) is 0 Å². The smallest absolute Gasteiger partial charge is 0.107 e. The molecule has 0 saturated heterocycles. The molecule has 0 fully saturated rings. The van der Waals surface area contributed by atoms with Gasteiger partial charge >= 0.3 is 0 Å². The Hall–Kier alpha value is -0.450. The van der Waals surface area contributed by atoms with Crippen molar-refractivity contribution in [1.82, 2.24) is 10.3 Å². The van der Waals surface area contributed by atoms with Gasteiger partial charge in [-0.1, -0.05) is 13.8 Å². The van der Waals surface area contributed by atoms with E-state index in [1.54, 1.807) is 11.3 Å². The Morgan fingerprint density at radius 3 is 2.60 bits per heavy atom. The van der Waals surface area contributed by atoms with Gasteiger partial charge in [0.2, 0.25) is 0 Å². The lowest BCUT2D eigenvalue weighted by Gasteiger charge is -2.26. The standard InChI is InChI=1S/C11H21N3S/c1-4-11(12,5-2)8-13-7-10-14-6-9(3)15-10/h6,13H,4-5,7-8,12H2,1-3H3. The van der Waals surface area contributed by atoms with Gasteiger partial charge in [0.25, 0.3) is 0 Å². The van der Waals surface area contributed by atoms with Crippen molar-refractivity contribution < 1.29 is 0 Å². The fraction of sp³-hybridized carbons (Fsp3) is 0.727. The minimum absolute atomic E-state index is 0.0632. The fourth-order valence-corrected chi connectivity index (χ4v) is 2.16. The molecule has 0 unspecified atom stereocenters. The summed E-state index contributed by atoms with van der Waals surface area (Å²) in [4.78, 5) is 5.56. The van der Waals surface area contributed by atoms with E-state index in [1.807, 2.05) is 6.20 Å². The van der Waals surface area contributed by atoms with E-state index < -0.39 is 0 Å². The molecule has 0 aliphatic carbocycles. The summed E-state index contributed by atoms with van der Waals surface area (Å²) >= 11 is 1.74. The topological polar surface area (TPSA) is 50.9 Å². The van der Waals surface area contributed by atoms with Crippen molar-refractivity contribution >= 4 is 11.3 Å². The molecule has 0 radical (unpaired) electrons. The van der Waals surface area contributed by atoms with Crippen molar-refractivity contribution in [2.45, 2.75) is 45.7 Å². The van der Waals surface area contributed by atoms with Crippen LogP contribution >= 0.6 is 11.3 Å². The molecule has 0 saturated carbocycles. The molecule has 1 heterocycles. The van der Waals surface area contributed by atoms with Crippen LogP contribution in [0.1, 0.15) is 36.6 Å². The third-order valence-corrected chi connectivity index (χ3v) is 3.74. The Balaban J connectivity index is 2.32. The first-order chi connectivity index (χ1) is 7.09. The molecular weight excluding hydrogens is 206 g/mol. The first kappa shape index (κ1) is 12.6. The highest BCUT2D eigenvalue weighted by molar-refractivity contribution is 7.11. The van der Waals surface area contributed by atoms with E-state index >= 15 is 0 Å². The van der Waals surface area contributed by atoms with Crippen LogP contribution in [-0.4, -0.2) is 17.1 Å². The number of aryl methyl sites for hydroxylation is 1. The summed E-state index contributed by atoms with van der Waals surface area (Å²) in [5.74, 6) is 0. The van der Waals surface area contributed by atoms with Crippen LogP contribution in [0.4, 0.5) is 0 Å². The second-order valence-corrected chi connectivity index (χ2v) is 5.36. The summed E-state index contributed by atoms with van der Waals surface area (Å²) in [6.45, 7) is 8.04.